The van der Waals surface area contributed by atoms with E-state index in [-0.39, 0.29) is 0 Å². The van der Waals surface area contributed by atoms with Gasteiger partial charge in [0.1, 0.15) is 0 Å². The van der Waals surface area contributed by atoms with Crippen molar-refractivity contribution in [2.75, 3.05) is 0 Å². The molecule has 0 nitrogen and oxygen atoms in total. The average molecular weight is 395 g/mol. The first kappa shape index (κ1) is 28.0. The molecule has 0 aliphatic heterocycles. The van der Waals surface area contributed by atoms with Crippen LogP contribution in [0.15, 0.2) is 0 Å². The van der Waals surface area contributed by atoms with Gasteiger partial charge in [-0.1, -0.05) is 128 Å². The van der Waals surface area contributed by atoms with Gasteiger partial charge in [-0.25, -0.2) is 0 Å². The smallest absolute Gasteiger partial charge is 0.0269 e. The first-order valence-electron chi connectivity index (χ1n) is 12.8. The molecule has 0 bridgehead atoms. The van der Waals surface area contributed by atoms with Gasteiger partial charge in [-0.05, 0) is 52.8 Å². The number of hydrogen-bond acceptors (Lipinski definition) is 0. The van der Waals surface area contributed by atoms with E-state index >= 15 is 0 Å². The minimum Gasteiger partial charge on any atom is -0.0654 e. The van der Waals surface area contributed by atoms with Gasteiger partial charge in [0.15, 0.2) is 0 Å². The highest BCUT2D eigenvalue weighted by Gasteiger charge is 2.48. The van der Waals surface area contributed by atoms with Crippen LogP contribution in [0.1, 0.15) is 141 Å². The van der Waals surface area contributed by atoms with Crippen LogP contribution in [0.25, 0.3) is 0 Å². The van der Waals surface area contributed by atoms with Crippen LogP contribution >= 0.6 is 0 Å². The molecule has 5 atom stereocenters. The lowest BCUT2D eigenvalue weighted by Crippen LogP contribution is -2.47. The lowest BCUT2D eigenvalue weighted by molar-refractivity contribution is -0.0530. The Balaban J connectivity index is 5.50. The summed E-state index contributed by atoms with van der Waals surface area (Å²) >= 11 is 0. The van der Waals surface area contributed by atoms with Crippen molar-refractivity contribution < 1.29 is 0 Å². The topological polar surface area (TPSA) is 0 Å². The molecule has 0 N–H and O–H groups in total. The summed E-state index contributed by atoms with van der Waals surface area (Å²) in [5, 5.41) is 0. The highest BCUT2D eigenvalue weighted by atomic mass is 14.5. The zero-order valence-corrected chi connectivity index (χ0v) is 22.2. The van der Waals surface area contributed by atoms with E-state index in [0.717, 1.165) is 23.7 Å². The quantitative estimate of drug-likeness (QED) is 0.259. The first-order chi connectivity index (χ1) is 12.8. The molecule has 0 saturated heterocycles. The normalized spacial score (nSPS) is 19.7. The van der Waals surface area contributed by atoms with Crippen LogP contribution in [-0.4, -0.2) is 0 Å². The maximum absolute atomic E-state index is 2.64. The van der Waals surface area contributed by atoms with Gasteiger partial charge in [-0.2, -0.15) is 0 Å². The van der Waals surface area contributed by atoms with Crippen LogP contribution in [0.4, 0.5) is 0 Å². The molecular weight excluding hydrogens is 336 g/mol. The van der Waals surface area contributed by atoms with E-state index in [1.807, 2.05) is 0 Å². The minimum atomic E-state index is 0.368. The molecule has 170 valence electrons. The summed E-state index contributed by atoms with van der Waals surface area (Å²) in [5.41, 5.74) is 1.22. The highest BCUT2D eigenvalue weighted by Crippen LogP contribution is 2.57. The molecule has 0 rings (SSSR count). The third-order valence-electron chi connectivity index (χ3n) is 9.20. The maximum atomic E-state index is 2.64. The molecule has 0 spiro atoms. The highest BCUT2D eigenvalue weighted by molar-refractivity contribution is 4.98. The Morgan fingerprint density at radius 3 is 1.64 bits per heavy atom. The third-order valence-corrected chi connectivity index (χ3v) is 9.20. The summed E-state index contributed by atoms with van der Waals surface area (Å²) in [7, 11) is 0. The zero-order chi connectivity index (χ0) is 22.2. The molecule has 28 heavy (non-hydrogen) atoms. The fraction of sp³-hybridized carbons (Fsp3) is 1.00. The molecule has 0 aliphatic rings. The molecule has 5 unspecified atom stereocenters. The van der Waals surface area contributed by atoms with Crippen LogP contribution in [0.2, 0.25) is 0 Å². The van der Waals surface area contributed by atoms with Crippen LogP contribution in [-0.2, 0) is 0 Å². The van der Waals surface area contributed by atoms with Crippen molar-refractivity contribution in [3.05, 3.63) is 0 Å². The largest absolute Gasteiger partial charge is 0.0654 e. The predicted octanol–water partition coefficient (Wildman–Crippen LogP) is 10.2. The van der Waals surface area contributed by atoms with Crippen molar-refractivity contribution >= 4 is 0 Å². The fourth-order valence-electron chi connectivity index (χ4n) is 6.12. The van der Waals surface area contributed by atoms with Gasteiger partial charge in [-0.15, -0.1) is 0 Å². The lowest BCUT2D eigenvalue weighted by Gasteiger charge is -2.54. The Morgan fingerprint density at radius 1 is 0.679 bits per heavy atom. The van der Waals surface area contributed by atoms with Crippen LogP contribution < -0.4 is 0 Å². The SMILES string of the molecule is CCCC(C)CCC(C)CC(C)(CCC)C(C)(C)C(CC)C(C)C(C)(C)CC. The van der Waals surface area contributed by atoms with Crippen molar-refractivity contribution in [1.82, 2.24) is 0 Å². The summed E-state index contributed by atoms with van der Waals surface area (Å²) in [6.45, 7) is 29.9. The molecule has 0 heterocycles. The zero-order valence-electron chi connectivity index (χ0n) is 22.2. The number of rotatable bonds is 15. The Morgan fingerprint density at radius 2 is 1.21 bits per heavy atom. The van der Waals surface area contributed by atoms with Gasteiger partial charge in [0.05, 0.1) is 0 Å². The van der Waals surface area contributed by atoms with Gasteiger partial charge in [0, 0.05) is 0 Å². The average Bonchev–Trinajstić information content (AvgIpc) is 2.60. The van der Waals surface area contributed by atoms with Crippen LogP contribution in [0.3, 0.4) is 0 Å². The summed E-state index contributed by atoms with van der Waals surface area (Å²) in [6.07, 6.45) is 12.2. The summed E-state index contributed by atoms with van der Waals surface area (Å²) < 4.78 is 0. The van der Waals surface area contributed by atoms with Gasteiger partial charge in [0.25, 0.3) is 0 Å². The Kier molecular flexibility index (Phi) is 12.0. The molecule has 0 amide bonds. The van der Waals surface area contributed by atoms with Crippen LogP contribution in [0.5, 0.6) is 0 Å². The minimum absolute atomic E-state index is 0.368. The molecule has 0 heteroatoms. The monoisotopic (exact) mass is 394 g/mol. The second-order valence-corrected chi connectivity index (χ2v) is 12.0. The van der Waals surface area contributed by atoms with E-state index in [9.17, 15) is 0 Å². The second-order valence-electron chi connectivity index (χ2n) is 12.0. The van der Waals surface area contributed by atoms with Gasteiger partial charge >= 0.3 is 0 Å². The Labute approximate surface area is 181 Å². The van der Waals surface area contributed by atoms with Crippen LogP contribution in [0, 0.1) is 39.9 Å². The van der Waals surface area contributed by atoms with Crippen molar-refractivity contribution in [3.8, 4) is 0 Å². The van der Waals surface area contributed by atoms with E-state index in [4.69, 9.17) is 0 Å². The van der Waals surface area contributed by atoms with Gasteiger partial charge in [0.2, 0.25) is 0 Å². The predicted molar refractivity (Wildman–Crippen MR) is 131 cm³/mol. The fourth-order valence-corrected chi connectivity index (χ4v) is 6.12. The Hall–Kier alpha value is 0. The first-order valence-corrected chi connectivity index (χ1v) is 12.8. The molecule has 0 aromatic carbocycles. The molecule has 0 fully saturated rings. The summed E-state index contributed by atoms with van der Waals surface area (Å²) in [4.78, 5) is 0. The standard InChI is InChI=1S/C28H58/c1-13-17-22(5)18-19-23(6)21-28(12,20-14-2)27(10,11)25(15-3)24(7)26(8,9)16-4/h22-25H,13-21H2,1-12H3. The van der Waals surface area contributed by atoms with E-state index in [0.29, 0.717) is 16.2 Å². The van der Waals surface area contributed by atoms with Gasteiger partial charge in [-0.3, -0.25) is 0 Å². The molecule has 0 aromatic heterocycles. The van der Waals surface area contributed by atoms with Crippen molar-refractivity contribution in [1.29, 1.82) is 0 Å². The third kappa shape index (κ3) is 7.36. The molecule has 0 aliphatic carbocycles. The number of hydrogen-bond donors (Lipinski definition) is 0. The van der Waals surface area contributed by atoms with E-state index in [1.165, 1.54) is 57.8 Å². The molecule has 0 radical (unpaired) electrons. The van der Waals surface area contributed by atoms with Crippen molar-refractivity contribution in [2.24, 2.45) is 39.9 Å². The molecule has 0 aromatic rings. The maximum Gasteiger partial charge on any atom is -0.0269 e. The lowest BCUT2D eigenvalue weighted by atomic mass is 9.50. The van der Waals surface area contributed by atoms with E-state index in [2.05, 4.69) is 83.1 Å². The van der Waals surface area contributed by atoms with Gasteiger partial charge < -0.3 is 0 Å². The summed E-state index contributed by atoms with van der Waals surface area (Å²) in [6, 6.07) is 0. The van der Waals surface area contributed by atoms with E-state index in [1.54, 1.807) is 0 Å². The Bertz CT molecular complexity index is 404. The second kappa shape index (κ2) is 12.0. The van der Waals surface area contributed by atoms with Crippen molar-refractivity contribution in [3.63, 3.8) is 0 Å². The summed E-state index contributed by atoms with van der Waals surface area (Å²) in [5.74, 6) is 3.27. The van der Waals surface area contributed by atoms with E-state index < -0.39 is 0 Å². The molecule has 0 saturated carbocycles. The molecular formula is C28H58. The van der Waals surface area contributed by atoms with Crippen molar-refractivity contribution in [2.45, 2.75) is 141 Å².